The van der Waals surface area contributed by atoms with Crippen LogP contribution in [0.3, 0.4) is 0 Å². The molecule has 0 aromatic carbocycles. The molecule has 1 aromatic heterocycles. The van der Waals surface area contributed by atoms with E-state index in [0.29, 0.717) is 11.5 Å². The average molecular weight is 220 g/mol. The number of amides is 1. The summed E-state index contributed by atoms with van der Waals surface area (Å²) in [6.45, 7) is 10.1. The molecular formula is C13H20N2O. The van der Waals surface area contributed by atoms with Crippen molar-refractivity contribution in [3.05, 3.63) is 29.1 Å². The van der Waals surface area contributed by atoms with Gasteiger partial charge in [0, 0.05) is 17.9 Å². The Kier molecular flexibility index (Phi) is 4.05. The van der Waals surface area contributed by atoms with Crippen molar-refractivity contribution in [3.8, 4) is 0 Å². The highest BCUT2D eigenvalue weighted by Crippen LogP contribution is 2.18. The van der Waals surface area contributed by atoms with Crippen LogP contribution in [0.25, 0.3) is 0 Å². The van der Waals surface area contributed by atoms with Crippen molar-refractivity contribution >= 4 is 5.91 Å². The molecule has 16 heavy (non-hydrogen) atoms. The third-order valence-corrected chi connectivity index (χ3v) is 2.43. The molecule has 0 fully saturated rings. The average Bonchev–Trinajstić information content (AvgIpc) is 2.16. The lowest BCUT2D eigenvalue weighted by molar-refractivity contribution is 0.0942. The van der Waals surface area contributed by atoms with Crippen LogP contribution in [0.5, 0.6) is 0 Å². The van der Waals surface area contributed by atoms with Crippen molar-refractivity contribution in [1.82, 2.24) is 10.3 Å². The minimum atomic E-state index is -0.0515. The Morgan fingerprint density at radius 2 is 1.94 bits per heavy atom. The predicted molar refractivity (Wildman–Crippen MR) is 65.7 cm³/mol. The number of hydrogen-bond acceptors (Lipinski definition) is 2. The molecule has 1 heterocycles. The van der Waals surface area contributed by atoms with Crippen molar-refractivity contribution in [2.45, 2.75) is 46.6 Å². The van der Waals surface area contributed by atoms with Gasteiger partial charge in [0.2, 0.25) is 0 Å². The summed E-state index contributed by atoms with van der Waals surface area (Å²) in [7, 11) is 0. The maximum Gasteiger partial charge on any atom is 0.253 e. The Morgan fingerprint density at radius 1 is 1.31 bits per heavy atom. The summed E-state index contributed by atoms with van der Waals surface area (Å²) in [6.07, 6.45) is 1.64. The first-order valence-corrected chi connectivity index (χ1v) is 5.69. The molecule has 1 aromatic rings. The monoisotopic (exact) mass is 220 g/mol. The molecule has 0 saturated carbocycles. The number of nitrogens with zero attached hydrogens (tertiary/aromatic N) is 1. The van der Waals surface area contributed by atoms with E-state index in [-0.39, 0.29) is 11.9 Å². The van der Waals surface area contributed by atoms with E-state index in [0.717, 1.165) is 11.3 Å². The second-order valence-corrected chi connectivity index (χ2v) is 4.68. The highest BCUT2D eigenvalue weighted by Gasteiger charge is 2.11. The molecule has 1 amide bonds. The van der Waals surface area contributed by atoms with Gasteiger partial charge in [0.1, 0.15) is 0 Å². The number of pyridine rings is 1. The largest absolute Gasteiger partial charge is 0.350 e. The first kappa shape index (κ1) is 12.7. The number of hydrogen-bond donors (Lipinski definition) is 1. The smallest absolute Gasteiger partial charge is 0.253 e. The van der Waals surface area contributed by atoms with Crippen molar-refractivity contribution in [3.63, 3.8) is 0 Å². The van der Waals surface area contributed by atoms with E-state index >= 15 is 0 Å². The SMILES string of the molecule is Cc1ncc(C(=O)NC(C)C)cc1C(C)C. The summed E-state index contributed by atoms with van der Waals surface area (Å²) in [5.74, 6) is 0.337. The Bertz CT molecular complexity index is 384. The summed E-state index contributed by atoms with van der Waals surface area (Å²) >= 11 is 0. The number of aryl methyl sites for hydroxylation is 1. The summed E-state index contributed by atoms with van der Waals surface area (Å²) in [5, 5.41) is 2.87. The molecule has 0 radical (unpaired) electrons. The Hall–Kier alpha value is -1.38. The Morgan fingerprint density at radius 3 is 2.44 bits per heavy atom. The molecule has 0 saturated heterocycles. The fourth-order valence-corrected chi connectivity index (χ4v) is 1.60. The molecule has 3 heteroatoms. The van der Waals surface area contributed by atoms with E-state index in [1.807, 2.05) is 26.8 Å². The number of rotatable bonds is 3. The van der Waals surface area contributed by atoms with Crippen LogP contribution in [0.1, 0.15) is 55.2 Å². The standard InChI is InChI=1S/C13H20N2O/c1-8(2)12-6-11(7-14-10(12)5)13(16)15-9(3)4/h6-9H,1-5H3,(H,15,16). The molecule has 1 N–H and O–H groups in total. The lowest BCUT2D eigenvalue weighted by Gasteiger charge is -2.12. The van der Waals surface area contributed by atoms with Crippen LogP contribution in [0, 0.1) is 6.92 Å². The zero-order valence-corrected chi connectivity index (χ0v) is 10.7. The molecule has 1 rings (SSSR count). The van der Waals surface area contributed by atoms with E-state index in [4.69, 9.17) is 0 Å². The summed E-state index contributed by atoms with van der Waals surface area (Å²) < 4.78 is 0. The van der Waals surface area contributed by atoms with Crippen LogP contribution in [0.15, 0.2) is 12.3 Å². The van der Waals surface area contributed by atoms with Crippen molar-refractivity contribution < 1.29 is 4.79 Å². The second-order valence-electron chi connectivity index (χ2n) is 4.68. The van der Waals surface area contributed by atoms with Gasteiger partial charge in [0.25, 0.3) is 5.91 Å². The Labute approximate surface area is 97.3 Å². The van der Waals surface area contributed by atoms with E-state index in [9.17, 15) is 4.79 Å². The first-order valence-electron chi connectivity index (χ1n) is 5.69. The van der Waals surface area contributed by atoms with Gasteiger partial charge in [-0.15, -0.1) is 0 Å². The molecule has 0 bridgehead atoms. The van der Waals surface area contributed by atoms with Crippen LogP contribution < -0.4 is 5.32 Å². The van der Waals surface area contributed by atoms with Crippen LogP contribution in [-0.2, 0) is 0 Å². The molecule has 0 aliphatic rings. The lowest BCUT2D eigenvalue weighted by atomic mass is 10.00. The fraction of sp³-hybridized carbons (Fsp3) is 0.538. The number of carbonyl (C=O) groups excluding carboxylic acids is 1. The van der Waals surface area contributed by atoms with E-state index in [2.05, 4.69) is 24.1 Å². The zero-order chi connectivity index (χ0) is 12.3. The van der Waals surface area contributed by atoms with E-state index < -0.39 is 0 Å². The van der Waals surface area contributed by atoms with Gasteiger partial charge in [-0.1, -0.05) is 13.8 Å². The maximum atomic E-state index is 11.8. The van der Waals surface area contributed by atoms with Crippen LogP contribution in [0.4, 0.5) is 0 Å². The summed E-state index contributed by atoms with van der Waals surface area (Å²) in [6, 6.07) is 2.08. The molecular weight excluding hydrogens is 200 g/mol. The van der Waals surface area contributed by atoms with Gasteiger partial charge in [0.15, 0.2) is 0 Å². The highest BCUT2D eigenvalue weighted by atomic mass is 16.1. The van der Waals surface area contributed by atoms with E-state index in [1.165, 1.54) is 0 Å². The number of nitrogens with one attached hydrogen (secondary N) is 1. The fourth-order valence-electron chi connectivity index (χ4n) is 1.60. The quantitative estimate of drug-likeness (QED) is 0.851. The lowest BCUT2D eigenvalue weighted by Crippen LogP contribution is -2.30. The van der Waals surface area contributed by atoms with Gasteiger partial charge in [-0.25, -0.2) is 0 Å². The van der Waals surface area contributed by atoms with Crippen molar-refractivity contribution in [2.24, 2.45) is 0 Å². The van der Waals surface area contributed by atoms with Crippen LogP contribution in [0.2, 0.25) is 0 Å². The topological polar surface area (TPSA) is 42.0 Å². The van der Waals surface area contributed by atoms with Crippen molar-refractivity contribution in [2.75, 3.05) is 0 Å². The third-order valence-electron chi connectivity index (χ3n) is 2.43. The molecule has 0 aliphatic carbocycles. The summed E-state index contributed by atoms with van der Waals surface area (Å²) in [4.78, 5) is 16.1. The van der Waals surface area contributed by atoms with Crippen LogP contribution in [-0.4, -0.2) is 16.9 Å². The minimum Gasteiger partial charge on any atom is -0.350 e. The third kappa shape index (κ3) is 3.05. The van der Waals surface area contributed by atoms with Crippen molar-refractivity contribution in [1.29, 1.82) is 0 Å². The van der Waals surface area contributed by atoms with Gasteiger partial charge in [-0.05, 0) is 38.3 Å². The number of carbonyl (C=O) groups is 1. The first-order chi connectivity index (χ1) is 7.41. The molecule has 0 atom stereocenters. The van der Waals surface area contributed by atoms with Gasteiger partial charge in [-0.3, -0.25) is 9.78 Å². The van der Waals surface area contributed by atoms with Crippen LogP contribution >= 0.6 is 0 Å². The predicted octanol–water partition coefficient (Wildman–Crippen LogP) is 2.65. The van der Waals surface area contributed by atoms with E-state index in [1.54, 1.807) is 6.20 Å². The molecule has 0 spiro atoms. The molecule has 88 valence electrons. The van der Waals surface area contributed by atoms with Gasteiger partial charge >= 0.3 is 0 Å². The number of aromatic nitrogens is 1. The molecule has 0 aliphatic heterocycles. The second kappa shape index (κ2) is 5.10. The molecule has 3 nitrogen and oxygen atoms in total. The van der Waals surface area contributed by atoms with Gasteiger partial charge < -0.3 is 5.32 Å². The highest BCUT2D eigenvalue weighted by molar-refractivity contribution is 5.94. The maximum absolute atomic E-state index is 11.8. The molecule has 0 unspecified atom stereocenters. The minimum absolute atomic E-state index is 0.0515. The van der Waals surface area contributed by atoms with Gasteiger partial charge in [0.05, 0.1) is 5.56 Å². The normalized spacial score (nSPS) is 10.9. The zero-order valence-electron chi connectivity index (χ0n) is 10.7. The summed E-state index contributed by atoms with van der Waals surface area (Å²) in [5.41, 5.74) is 2.77. The van der Waals surface area contributed by atoms with Gasteiger partial charge in [-0.2, -0.15) is 0 Å². The Balaban J connectivity index is 2.98.